The van der Waals surface area contributed by atoms with Crippen molar-refractivity contribution >= 4 is 0 Å². The van der Waals surface area contributed by atoms with Crippen LogP contribution < -0.4 is 10.5 Å². The Labute approximate surface area is 115 Å². The fourth-order valence-electron chi connectivity index (χ4n) is 2.48. The highest BCUT2D eigenvalue weighted by Crippen LogP contribution is 2.32. The predicted molar refractivity (Wildman–Crippen MR) is 75.8 cm³/mol. The maximum Gasteiger partial charge on any atom is 0.119 e. The Morgan fingerprint density at radius 3 is 3.00 bits per heavy atom. The van der Waals surface area contributed by atoms with E-state index in [-0.39, 0.29) is 11.5 Å². The molecule has 1 atom stereocenters. The number of rotatable bonds is 5. The fraction of sp³-hybridized carbons (Fsp3) is 0.562. The summed E-state index contributed by atoms with van der Waals surface area (Å²) >= 11 is 0. The van der Waals surface area contributed by atoms with Gasteiger partial charge in [0.05, 0.1) is 18.1 Å². The number of nitrogens with two attached hydrogens (primary N) is 1. The molecular formula is C16H22N2O. The maximum atomic E-state index is 8.94. The molecule has 0 bridgehead atoms. The maximum absolute atomic E-state index is 8.94. The van der Waals surface area contributed by atoms with Crippen LogP contribution in [-0.4, -0.2) is 6.61 Å². The highest BCUT2D eigenvalue weighted by Gasteiger charge is 2.19. The summed E-state index contributed by atoms with van der Waals surface area (Å²) in [5.41, 5.74) is 8.34. The van der Waals surface area contributed by atoms with Gasteiger partial charge in [-0.15, -0.1) is 0 Å². The highest BCUT2D eigenvalue weighted by molar-refractivity contribution is 5.40. The molecule has 1 aromatic carbocycles. The molecule has 0 aliphatic heterocycles. The molecule has 1 aromatic rings. The summed E-state index contributed by atoms with van der Waals surface area (Å²) < 4.78 is 5.76. The van der Waals surface area contributed by atoms with Crippen LogP contribution in [0.2, 0.25) is 0 Å². The molecule has 0 aromatic heterocycles. The average molecular weight is 258 g/mol. The van der Waals surface area contributed by atoms with Crippen LogP contribution >= 0.6 is 0 Å². The molecule has 0 fully saturated rings. The Morgan fingerprint density at radius 2 is 2.26 bits per heavy atom. The summed E-state index contributed by atoms with van der Waals surface area (Å²) in [5, 5.41) is 8.94. The van der Waals surface area contributed by atoms with Gasteiger partial charge in [-0.25, -0.2) is 0 Å². The second kappa shape index (κ2) is 5.63. The number of hydrogen-bond donors (Lipinski definition) is 1. The van der Waals surface area contributed by atoms with E-state index >= 15 is 0 Å². The quantitative estimate of drug-likeness (QED) is 0.824. The van der Waals surface area contributed by atoms with Crippen LogP contribution in [0.5, 0.6) is 5.75 Å². The first-order chi connectivity index (χ1) is 9.02. The molecule has 0 spiro atoms. The summed E-state index contributed by atoms with van der Waals surface area (Å²) in [5.74, 6) is 0.919. The van der Waals surface area contributed by atoms with E-state index in [0.29, 0.717) is 6.61 Å². The standard InChI is InChI=1S/C16H22N2O/c1-16(2,11-17)8-3-9-19-13-5-6-14-12(10-13)4-7-15(14)18/h5-6,10,15H,3-4,7-9,18H2,1-2H3/t15-/m0/s1. The third kappa shape index (κ3) is 3.48. The smallest absolute Gasteiger partial charge is 0.119 e. The number of hydrogen-bond acceptors (Lipinski definition) is 3. The molecule has 3 heteroatoms. The summed E-state index contributed by atoms with van der Waals surface area (Å²) in [7, 11) is 0. The summed E-state index contributed by atoms with van der Waals surface area (Å²) in [4.78, 5) is 0. The second-order valence-corrected chi connectivity index (χ2v) is 5.95. The Hall–Kier alpha value is -1.53. The van der Waals surface area contributed by atoms with Gasteiger partial charge >= 0.3 is 0 Å². The van der Waals surface area contributed by atoms with E-state index in [4.69, 9.17) is 15.7 Å². The minimum atomic E-state index is -0.256. The van der Waals surface area contributed by atoms with Gasteiger partial charge in [0.25, 0.3) is 0 Å². The number of fused-ring (bicyclic) bond motifs is 1. The Bertz CT molecular complexity index is 488. The lowest BCUT2D eigenvalue weighted by Crippen LogP contribution is -2.10. The largest absolute Gasteiger partial charge is 0.494 e. The van der Waals surface area contributed by atoms with Crippen molar-refractivity contribution in [2.24, 2.45) is 11.1 Å². The van der Waals surface area contributed by atoms with E-state index in [1.54, 1.807) is 0 Å². The van der Waals surface area contributed by atoms with Gasteiger partial charge in [-0.1, -0.05) is 6.07 Å². The molecule has 2 N–H and O–H groups in total. The van der Waals surface area contributed by atoms with Crippen molar-refractivity contribution in [1.29, 1.82) is 5.26 Å². The van der Waals surface area contributed by atoms with Crippen molar-refractivity contribution in [3.63, 3.8) is 0 Å². The average Bonchev–Trinajstić information content (AvgIpc) is 2.76. The molecule has 0 radical (unpaired) electrons. The molecule has 1 aliphatic carbocycles. The molecule has 19 heavy (non-hydrogen) atoms. The van der Waals surface area contributed by atoms with Crippen molar-refractivity contribution < 1.29 is 4.74 Å². The van der Waals surface area contributed by atoms with E-state index in [0.717, 1.165) is 31.4 Å². The zero-order valence-corrected chi connectivity index (χ0v) is 11.8. The molecule has 1 aliphatic rings. The molecule has 0 amide bonds. The lowest BCUT2D eigenvalue weighted by atomic mass is 9.90. The molecule has 0 saturated carbocycles. The Balaban J connectivity index is 1.83. The molecular weight excluding hydrogens is 236 g/mol. The van der Waals surface area contributed by atoms with Crippen molar-refractivity contribution in [1.82, 2.24) is 0 Å². The SMILES string of the molecule is CC(C)(C#N)CCCOc1ccc2c(c1)CC[C@@H]2N. The van der Waals surface area contributed by atoms with Crippen LogP contribution in [0, 0.1) is 16.7 Å². The monoisotopic (exact) mass is 258 g/mol. The lowest BCUT2D eigenvalue weighted by Gasteiger charge is -2.15. The second-order valence-electron chi connectivity index (χ2n) is 5.95. The minimum absolute atomic E-state index is 0.195. The van der Waals surface area contributed by atoms with E-state index in [9.17, 15) is 0 Å². The number of nitriles is 1. The normalized spacial score (nSPS) is 17.9. The minimum Gasteiger partial charge on any atom is -0.494 e. The topological polar surface area (TPSA) is 59.0 Å². The van der Waals surface area contributed by atoms with E-state index in [1.165, 1.54) is 11.1 Å². The van der Waals surface area contributed by atoms with Crippen LogP contribution in [0.15, 0.2) is 18.2 Å². The first kappa shape index (κ1) is 13.9. The van der Waals surface area contributed by atoms with Crippen molar-refractivity contribution in [3.05, 3.63) is 29.3 Å². The zero-order valence-electron chi connectivity index (χ0n) is 11.8. The number of aryl methyl sites for hydroxylation is 1. The lowest BCUT2D eigenvalue weighted by molar-refractivity contribution is 0.284. The fourth-order valence-corrected chi connectivity index (χ4v) is 2.48. The van der Waals surface area contributed by atoms with E-state index in [2.05, 4.69) is 18.2 Å². The van der Waals surface area contributed by atoms with Crippen molar-refractivity contribution in [2.45, 2.75) is 45.6 Å². The number of nitrogens with zero attached hydrogens (tertiary/aromatic N) is 1. The molecule has 0 unspecified atom stereocenters. The number of ether oxygens (including phenoxy) is 1. The molecule has 0 saturated heterocycles. The van der Waals surface area contributed by atoms with Crippen molar-refractivity contribution in [2.75, 3.05) is 6.61 Å². The summed E-state index contributed by atoms with van der Waals surface area (Å²) in [6.45, 7) is 4.59. The molecule has 2 rings (SSSR count). The van der Waals surface area contributed by atoms with Gasteiger partial charge in [0.2, 0.25) is 0 Å². The highest BCUT2D eigenvalue weighted by atomic mass is 16.5. The van der Waals surface area contributed by atoms with E-state index in [1.807, 2.05) is 19.9 Å². The van der Waals surface area contributed by atoms with Gasteiger partial charge in [0.1, 0.15) is 5.75 Å². The van der Waals surface area contributed by atoms with Gasteiger partial charge in [0.15, 0.2) is 0 Å². The van der Waals surface area contributed by atoms with Crippen LogP contribution in [0.4, 0.5) is 0 Å². The predicted octanol–water partition coefficient (Wildman–Crippen LogP) is 3.34. The van der Waals surface area contributed by atoms with Crippen molar-refractivity contribution in [3.8, 4) is 11.8 Å². The molecule has 0 heterocycles. The summed E-state index contributed by atoms with van der Waals surface area (Å²) in [6.07, 6.45) is 3.85. The van der Waals surface area contributed by atoms with E-state index < -0.39 is 0 Å². The van der Waals surface area contributed by atoms with Gasteiger partial charge < -0.3 is 10.5 Å². The van der Waals surface area contributed by atoms with Gasteiger partial charge in [0, 0.05) is 6.04 Å². The van der Waals surface area contributed by atoms with Crippen LogP contribution in [0.25, 0.3) is 0 Å². The first-order valence-corrected chi connectivity index (χ1v) is 6.94. The third-order valence-corrected chi connectivity index (χ3v) is 3.76. The molecule has 102 valence electrons. The van der Waals surface area contributed by atoms with Crippen LogP contribution in [0.1, 0.15) is 50.3 Å². The van der Waals surface area contributed by atoms with Gasteiger partial charge in [-0.3, -0.25) is 0 Å². The number of benzene rings is 1. The Kier molecular flexibility index (Phi) is 4.11. The first-order valence-electron chi connectivity index (χ1n) is 6.94. The van der Waals surface area contributed by atoms with Gasteiger partial charge in [-0.05, 0) is 62.8 Å². The van der Waals surface area contributed by atoms with Crippen LogP contribution in [-0.2, 0) is 6.42 Å². The van der Waals surface area contributed by atoms with Gasteiger partial charge in [-0.2, -0.15) is 5.26 Å². The third-order valence-electron chi connectivity index (χ3n) is 3.76. The summed E-state index contributed by atoms with van der Waals surface area (Å²) in [6, 6.07) is 8.70. The van der Waals surface area contributed by atoms with Crippen LogP contribution in [0.3, 0.4) is 0 Å². The zero-order chi connectivity index (χ0) is 13.9. The molecule has 3 nitrogen and oxygen atoms in total. The Morgan fingerprint density at radius 1 is 1.47 bits per heavy atom.